The molecule has 1 heterocycles. The lowest BCUT2D eigenvalue weighted by atomic mass is 10.0. The van der Waals surface area contributed by atoms with Gasteiger partial charge in [0.2, 0.25) is 0 Å². The monoisotopic (exact) mass is 449 g/mol. The van der Waals surface area contributed by atoms with Crippen molar-refractivity contribution >= 4 is 49.9 Å². The number of ether oxygens (including phenoxy) is 2. The van der Waals surface area contributed by atoms with Gasteiger partial charge in [-0.3, -0.25) is 10.1 Å². The van der Waals surface area contributed by atoms with Crippen LogP contribution >= 0.6 is 23.6 Å². The minimum atomic E-state index is -0.294. The van der Waals surface area contributed by atoms with Gasteiger partial charge in [0, 0.05) is 11.6 Å². The van der Waals surface area contributed by atoms with Crippen molar-refractivity contribution in [3.05, 3.63) is 72.3 Å². The third-order valence-electron chi connectivity index (χ3n) is 4.59. The maximum absolute atomic E-state index is 12.6. The van der Waals surface area contributed by atoms with Gasteiger partial charge in [-0.1, -0.05) is 53.8 Å². The van der Waals surface area contributed by atoms with Gasteiger partial charge >= 0.3 is 0 Å². The molecule has 4 aromatic rings. The number of anilines is 1. The van der Waals surface area contributed by atoms with Crippen LogP contribution in [0, 0.1) is 0 Å². The summed E-state index contributed by atoms with van der Waals surface area (Å²) < 4.78 is 11.6. The Balaban J connectivity index is 1.44. The number of thiazole rings is 1. The van der Waals surface area contributed by atoms with Gasteiger partial charge in [0.15, 0.2) is 10.2 Å². The Bertz CT molecular complexity index is 1240. The predicted octanol–water partition coefficient (Wildman–Crippen LogP) is 5.11. The first-order chi connectivity index (χ1) is 15.1. The number of amides is 1. The molecule has 6 nitrogen and oxygen atoms in total. The normalized spacial score (nSPS) is 10.5. The first-order valence-corrected chi connectivity index (χ1v) is 10.6. The summed E-state index contributed by atoms with van der Waals surface area (Å²) in [6, 6.07) is 21.0. The molecular weight excluding hydrogens is 430 g/mol. The number of rotatable bonds is 5. The molecule has 0 radical (unpaired) electrons. The molecule has 0 aliphatic rings. The van der Waals surface area contributed by atoms with Gasteiger partial charge in [-0.05, 0) is 41.5 Å². The van der Waals surface area contributed by atoms with Crippen molar-refractivity contribution in [3.63, 3.8) is 0 Å². The number of nitrogens with one attached hydrogen (secondary N) is 2. The maximum atomic E-state index is 12.6. The summed E-state index contributed by atoms with van der Waals surface area (Å²) in [4.78, 5) is 17.1. The van der Waals surface area contributed by atoms with Crippen molar-refractivity contribution in [3.8, 4) is 22.6 Å². The van der Waals surface area contributed by atoms with E-state index in [1.807, 2.05) is 48.5 Å². The summed E-state index contributed by atoms with van der Waals surface area (Å²) in [7, 11) is 3.17. The van der Waals surface area contributed by atoms with E-state index < -0.39 is 0 Å². The van der Waals surface area contributed by atoms with Crippen LogP contribution < -0.4 is 20.1 Å². The first-order valence-electron chi connectivity index (χ1n) is 9.38. The minimum Gasteiger partial charge on any atom is -0.497 e. The van der Waals surface area contributed by atoms with Gasteiger partial charge in [0.1, 0.15) is 17.0 Å². The van der Waals surface area contributed by atoms with Gasteiger partial charge in [-0.25, -0.2) is 4.98 Å². The molecule has 2 N–H and O–H groups in total. The van der Waals surface area contributed by atoms with Crippen molar-refractivity contribution in [1.82, 2.24) is 10.3 Å². The molecule has 4 rings (SSSR count). The molecule has 31 heavy (non-hydrogen) atoms. The van der Waals surface area contributed by atoms with Crippen LogP contribution in [-0.2, 0) is 0 Å². The third kappa shape index (κ3) is 4.65. The lowest BCUT2D eigenvalue weighted by Crippen LogP contribution is -2.34. The van der Waals surface area contributed by atoms with Gasteiger partial charge in [0.25, 0.3) is 5.91 Å². The van der Waals surface area contributed by atoms with E-state index in [9.17, 15) is 4.79 Å². The Labute approximate surface area is 188 Å². The SMILES string of the molecule is COc1cc(OC)c2nc(NC(=S)NC(=O)c3ccc(-c4ccccc4)cc3)sc2c1. The molecule has 0 aliphatic heterocycles. The lowest BCUT2D eigenvalue weighted by Gasteiger charge is -2.08. The number of carbonyl (C=O) groups is 1. The van der Waals surface area contributed by atoms with E-state index >= 15 is 0 Å². The number of nitrogens with zero attached hydrogens (tertiary/aromatic N) is 1. The van der Waals surface area contributed by atoms with Crippen molar-refractivity contribution in [2.24, 2.45) is 0 Å². The number of hydrogen-bond acceptors (Lipinski definition) is 6. The van der Waals surface area contributed by atoms with Crippen LogP contribution in [0.25, 0.3) is 21.3 Å². The molecule has 0 bridgehead atoms. The molecule has 0 saturated carbocycles. The second-order valence-corrected chi connectivity index (χ2v) is 7.99. The van der Waals surface area contributed by atoms with E-state index in [4.69, 9.17) is 21.7 Å². The van der Waals surface area contributed by atoms with E-state index in [0.717, 1.165) is 15.8 Å². The third-order valence-corrected chi connectivity index (χ3v) is 5.71. The summed E-state index contributed by atoms with van der Waals surface area (Å²) in [6.45, 7) is 0. The number of carbonyl (C=O) groups excluding carboxylic acids is 1. The largest absolute Gasteiger partial charge is 0.497 e. The van der Waals surface area contributed by atoms with Gasteiger partial charge in [-0.2, -0.15) is 0 Å². The number of hydrogen-bond donors (Lipinski definition) is 2. The smallest absolute Gasteiger partial charge is 0.257 e. The molecule has 156 valence electrons. The molecule has 0 aliphatic carbocycles. The van der Waals surface area contributed by atoms with Crippen molar-refractivity contribution in [2.45, 2.75) is 0 Å². The Morgan fingerprint density at radius 3 is 2.35 bits per heavy atom. The Kier molecular flexibility index (Phi) is 6.11. The summed E-state index contributed by atoms with van der Waals surface area (Å²) in [5.74, 6) is 0.985. The fourth-order valence-electron chi connectivity index (χ4n) is 3.05. The van der Waals surface area contributed by atoms with Gasteiger partial charge in [0.05, 0.1) is 18.9 Å². The van der Waals surface area contributed by atoms with Gasteiger partial charge < -0.3 is 14.8 Å². The predicted molar refractivity (Wildman–Crippen MR) is 128 cm³/mol. The Hall–Kier alpha value is -3.49. The molecule has 8 heteroatoms. The van der Waals surface area contributed by atoms with E-state index in [1.165, 1.54) is 11.3 Å². The number of thiocarbonyl (C=S) groups is 1. The van der Waals surface area contributed by atoms with Crippen molar-refractivity contribution in [1.29, 1.82) is 0 Å². The number of fused-ring (bicyclic) bond motifs is 1. The zero-order chi connectivity index (χ0) is 21.8. The van der Waals surface area contributed by atoms with Crippen molar-refractivity contribution < 1.29 is 14.3 Å². The van der Waals surface area contributed by atoms with Crippen LogP contribution in [0.2, 0.25) is 0 Å². The summed E-state index contributed by atoms with van der Waals surface area (Å²) in [5.41, 5.74) is 3.34. The zero-order valence-electron chi connectivity index (χ0n) is 16.8. The zero-order valence-corrected chi connectivity index (χ0v) is 18.5. The van der Waals surface area contributed by atoms with Gasteiger partial charge in [-0.15, -0.1) is 0 Å². The van der Waals surface area contributed by atoms with E-state index in [0.29, 0.717) is 27.7 Å². The second-order valence-electron chi connectivity index (χ2n) is 6.55. The summed E-state index contributed by atoms with van der Waals surface area (Å²) in [5, 5.41) is 6.38. The lowest BCUT2D eigenvalue weighted by molar-refractivity contribution is 0.0978. The Morgan fingerprint density at radius 2 is 1.68 bits per heavy atom. The quantitative estimate of drug-likeness (QED) is 0.413. The van der Waals surface area contributed by atoms with Crippen LogP contribution in [-0.4, -0.2) is 30.2 Å². The van der Waals surface area contributed by atoms with Crippen LogP contribution in [0.4, 0.5) is 5.13 Å². The highest BCUT2D eigenvalue weighted by Gasteiger charge is 2.14. The molecule has 0 unspecified atom stereocenters. The van der Waals surface area contributed by atoms with Crippen LogP contribution in [0.1, 0.15) is 10.4 Å². The number of methoxy groups -OCH3 is 2. The second kappa shape index (κ2) is 9.11. The highest BCUT2D eigenvalue weighted by atomic mass is 32.1. The first kappa shape index (κ1) is 20.8. The molecular formula is C23H19N3O3S2. The fraction of sp³-hybridized carbons (Fsp3) is 0.0870. The molecule has 1 aromatic heterocycles. The van der Waals surface area contributed by atoms with Crippen LogP contribution in [0.5, 0.6) is 11.5 Å². The molecule has 0 saturated heterocycles. The molecule has 0 atom stereocenters. The topological polar surface area (TPSA) is 72.5 Å². The maximum Gasteiger partial charge on any atom is 0.257 e. The number of benzene rings is 3. The minimum absolute atomic E-state index is 0.169. The summed E-state index contributed by atoms with van der Waals surface area (Å²) >= 11 is 6.68. The van der Waals surface area contributed by atoms with E-state index in [2.05, 4.69) is 15.6 Å². The molecule has 3 aromatic carbocycles. The molecule has 0 spiro atoms. The Morgan fingerprint density at radius 1 is 0.968 bits per heavy atom. The summed E-state index contributed by atoms with van der Waals surface area (Å²) in [6.07, 6.45) is 0. The standard InChI is InChI=1S/C23H19N3O3S2/c1-28-17-12-18(29-2)20-19(13-17)31-23(24-20)26-22(30)25-21(27)16-10-8-15(9-11-16)14-6-4-3-5-7-14/h3-13H,1-2H3,(H2,24,25,26,27,30). The highest BCUT2D eigenvalue weighted by molar-refractivity contribution is 7.80. The van der Waals surface area contributed by atoms with E-state index in [-0.39, 0.29) is 11.0 Å². The average molecular weight is 450 g/mol. The highest BCUT2D eigenvalue weighted by Crippen LogP contribution is 2.36. The van der Waals surface area contributed by atoms with Crippen LogP contribution in [0.15, 0.2) is 66.7 Å². The van der Waals surface area contributed by atoms with Crippen LogP contribution in [0.3, 0.4) is 0 Å². The average Bonchev–Trinajstić information content (AvgIpc) is 3.21. The van der Waals surface area contributed by atoms with Crippen molar-refractivity contribution in [2.75, 3.05) is 19.5 Å². The molecule has 1 amide bonds. The molecule has 0 fully saturated rings. The number of aromatic nitrogens is 1. The fourth-order valence-corrected chi connectivity index (χ4v) is 4.22. The van der Waals surface area contributed by atoms with E-state index in [1.54, 1.807) is 32.4 Å².